The predicted octanol–water partition coefficient (Wildman–Crippen LogP) is 1.91. The zero-order chi connectivity index (χ0) is 12.7. The molecule has 1 aromatic rings. The molecule has 2 N–H and O–H groups in total. The van der Waals surface area contributed by atoms with Crippen LogP contribution < -0.4 is 0 Å². The number of aromatic hydroxyl groups is 1. The lowest BCUT2D eigenvalue weighted by molar-refractivity contribution is -0.109. The van der Waals surface area contributed by atoms with Gasteiger partial charge in [-0.15, -0.1) is 0 Å². The highest BCUT2D eigenvalue weighted by Gasteiger charge is 1.99. The van der Waals surface area contributed by atoms with E-state index in [4.69, 9.17) is 5.11 Å². The van der Waals surface area contributed by atoms with Gasteiger partial charge in [-0.05, 0) is 18.2 Å². The molecule has 90 valence electrons. The molecule has 0 aliphatic rings. The van der Waals surface area contributed by atoms with Gasteiger partial charge in [0.2, 0.25) is 0 Å². The monoisotopic (exact) mass is 250 g/mol. The summed E-state index contributed by atoms with van der Waals surface area (Å²) in [6, 6.07) is 4.86. The number of phenols is 1. The van der Waals surface area contributed by atoms with E-state index in [1.165, 1.54) is 24.8 Å². The molecule has 0 amide bonds. The fourth-order valence-electron chi connectivity index (χ4n) is 1.20. The molecule has 1 rings (SSSR count). The third-order valence-electron chi connectivity index (χ3n) is 2.01. The molecular weight excluding hydrogens is 236 g/mol. The van der Waals surface area contributed by atoms with Crippen LogP contribution in [0.25, 0.3) is 0 Å². The highest BCUT2D eigenvalue weighted by Crippen LogP contribution is 2.17. The Bertz CT molecular complexity index is 457. The molecule has 4 heteroatoms. The van der Waals surface area contributed by atoms with E-state index in [0.717, 1.165) is 5.56 Å². The van der Waals surface area contributed by atoms with Crippen molar-refractivity contribution in [2.24, 2.45) is 0 Å². The van der Waals surface area contributed by atoms with Crippen LogP contribution in [0.2, 0.25) is 0 Å². The molecule has 0 aromatic heterocycles. The molecule has 0 radical (unpaired) electrons. The van der Waals surface area contributed by atoms with E-state index in [2.05, 4.69) is 11.8 Å². The van der Waals surface area contributed by atoms with E-state index in [0.29, 0.717) is 17.7 Å². The summed E-state index contributed by atoms with van der Waals surface area (Å²) in [5, 5.41) is 18.4. The molecule has 3 nitrogen and oxygen atoms in total. The quantitative estimate of drug-likeness (QED) is 0.635. The summed E-state index contributed by atoms with van der Waals surface area (Å²) in [7, 11) is 0. The molecule has 0 atom stereocenters. The van der Waals surface area contributed by atoms with E-state index in [9.17, 15) is 9.90 Å². The van der Waals surface area contributed by atoms with Crippen LogP contribution in [0.15, 0.2) is 18.2 Å². The van der Waals surface area contributed by atoms with Crippen molar-refractivity contribution in [3.63, 3.8) is 0 Å². The zero-order valence-corrected chi connectivity index (χ0v) is 10.4. The first-order chi connectivity index (χ1) is 8.13. The third-order valence-corrected chi connectivity index (χ3v) is 2.83. The number of rotatable bonds is 3. The minimum Gasteiger partial charge on any atom is -0.508 e. The normalized spacial score (nSPS) is 9.53. The number of thioether (sulfide) groups is 1. The highest BCUT2D eigenvalue weighted by molar-refractivity contribution is 8.13. The van der Waals surface area contributed by atoms with Crippen LogP contribution in [0.4, 0.5) is 0 Å². The molecule has 0 unspecified atom stereocenters. The van der Waals surface area contributed by atoms with Gasteiger partial charge >= 0.3 is 0 Å². The van der Waals surface area contributed by atoms with Crippen LogP contribution in [-0.2, 0) is 11.4 Å². The van der Waals surface area contributed by atoms with Crippen molar-refractivity contribution in [1.82, 2.24) is 0 Å². The maximum absolute atomic E-state index is 10.7. The van der Waals surface area contributed by atoms with Gasteiger partial charge in [-0.25, -0.2) is 0 Å². The number of aliphatic hydroxyl groups is 1. The second-order valence-electron chi connectivity index (χ2n) is 3.39. The number of hydrogen-bond acceptors (Lipinski definition) is 4. The molecule has 0 saturated carbocycles. The van der Waals surface area contributed by atoms with Gasteiger partial charge in [0.25, 0.3) is 0 Å². The fraction of sp³-hybridized carbons (Fsp3) is 0.308. The SMILES string of the molecule is CC(=O)SCCC#Cc1ccc(O)c(CO)c1. The minimum atomic E-state index is -0.207. The zero-order valence-electron chi connectivity index (χ0n) is 9.56. The van der Waals surface area contributed by atoms with Gasteiger partial charge in [-0.2, -0.15) is 0 Å². The molecule has 0 aliphatic heterocycles. The van der Waals surface area contributed by atoms with E-state index in [1.54, 1.807) is 12.1 Å². The molecule has 0 aliphatic carbocycles. The van der Waals surface area contributed by atoms with Crippen molar-refractivity contribution in [2.45, 2.75) is 20.0 Å². The Morgan fingerprint density at radius 1 is 1.47 bits per heavy atom. The standard InChI is InChI=1S/C13H14O3S/c1-10(15)17-7-3-2-4-11-5-6-13(16)12(8-11)9-14/h5-6,8,14,16H,3,7,9H2,1H3. The predicted molar refractivity (Wildman–Crippen MR) is 68.7 cm³/mol. The molecule has 0 saturated heterocycles. The van der Waals surface area contributed by atoms with Gasteiger partial charge in [-0.3, -0.25) is 4.79 Å². The van der Waals surface area contributed by atoms with Crippen molar-refractivity contribution in [3.8, 4) is 17.6 Å². The van der Waals surface area contributed by atoms with Crippen LogP contribution in [0.5, 0.6) is 5.75 Å². The lowest BCUT2D eigenvalue weighted by Crippen LogP contribution is -1.86. The number of hydrogen-bond donors (Lipinski definition) is 2. The second kappa shape index (κ2) is 7.00. The second-order valence-corrected chi connectivity index (χ2v) is 4.67. The van der Waals surface area contributed by atoms with Crippen molar-refractivity contribution >= 4 is 16.9 Å². The molecule has 0 bridgehead atoms. The van der Waals surface area contributed by atoms with E-state index in [1.807, 2.05) is 0 Å². The van der Waals surface area contributed by atoms with Crippen molar-refractivity contribution in [2.75, 3.05) is 5.75 Å². The average Bonchev–Trinajstić information content (AvgIpc) is 2.30. The summed E-state index contributed by atoms with van der Waals surface area (Å²) in [6.45, 7) is 1.33. The Hall–Kier alpha value is -1.44. The largest absolute Gasteiger partial charge is 0.508 e. The van der Waals surface area contributed by atoms with Gasteiger partial charge < -0.3 is 10.2 Å². The first-order valence-corrected chi connectivity index (χ1v) is 6.17. The van der Waals surface area contributed by atoms with Crippen LogP contribution in [-0.4, -0.2) is 21.1 Å². The average molecular weight is 250 g/mol. The number of aliphatic hydroxyl groups excluding tert-OH is 1. The van der Waals surface area contributed by atoms with Crippen LogP contribution in [0.1, 0.15) is 24.5 Å². The van der Waals surface area contributed by atoms with Crippen LogP contribution in [0.3, 0.4) is 0 Å². The Morgan fingerprint density at radius 2 is 2.24 bits per heavy atom. The smallest absolute Gasteiger partial charge is 0.185 e. The Balaban J connectivity index is 2.57. The van der Waals surface area contributed by atoms with Gasteiger partial charge in [0.15, 0.2) is 5.12 Å². The molecule has 0 fully saturated rings. The van der Waals surface area contributed by atoms with Crippen LogP contribution >= 0.6 is 11.8 Å². The lowest BCUT2D eigenvalue weighted by Gasteiger charge is -2.00. The first kappa shape index (κ1) is 13.6. The van der Waals surface area contributed by atoms with Crippen molar-refractivity contribution in [1.29, 1.82) is 0 Å². The van der Waals surface area contributed by atoms with Gasteiger partial charge in [0, 0.05) is 30.2 Å². The molecule has 0 heterocycles. The number of carbonyl (C=O) groups is 1. The first-order valence-electron chi connectivity index (χ1n) is 5.18. The van der Waals surface area contributed by atoms with Crippen LogP contribution in [0, 0.1) is 11.8 Å². The van der Waals surface area contributed by atoms with Gasteiger partial charge in [0.05, 0.1) is 6.61 Å². The Morgan fingerprint density at radius 3 is 2.88 bits per heavy atom. The molecule has 1 aromatic carbocycles. The number of benzene rings is 1. The topological polar surface area (TPSA) is 57.5 Å². The minimum absolute atomic E-state index is 0.0742. The molecule has 17 heavy (non-hydrogen) atoms. The fourth-order valence-corrected chi connectivity index (χ4v) is 1.69. The van der Waals surface area contributed by atoms with Gasteiger partial charge in [-0.1, -0.05) is 23.6 Å². The van der Waals surface area contributed by atoms with Gasteiger partial charge in [0.1, 0.15) is 5.75 Å². The van der Waals surface area contributed by atoms with E-state index in [-0.39, 0.29) is 17.5 Å². The summed E-state index contributed by atoms with van der Waals surface area (Å²) in [5.41, 5.74) is 1.22. The summed E-state index contributed by atoms with van der Waals surface area (Å²) in [4.78, 5) is 10.7. The summed E-state index contributed by atoms with van der Waals surface area (Å²) < 4.78 is 0. The maximum atomic E-state index is 10.7. The molecular formula is C13H14O3S. The van der Waals surface area contributed by atoms with E-state index >= 15 is 0 Å². The summed E-state index contributed by atoms with van der Waals surface area (Å²) >= 11 is 1.26. The summed E-state index contributed by atoms with van der Waals surface area (Å²) in [5.74, 6) is 6.63. The third kappa shape index (κ3) is 4.94. The van der Waals surface area contributed by atoms with Crippen molar-refractivity contribution < 1.29 is 15.0 Å². The number of carbonyl (C=O) groups excluding carboxylic acids is 1. The Kier molecular flexibility index (Phi) is 5.61. The maximum Gasteiger partial charge on any atom is 0.185 e. The Labute approximate surface area is 105 Å². The van der Waals surface area contributed by atoms with E-state index < -0.39 is 0 Å². The highest BCUT2D eigenvalue weighted by atomic mass is 32.2. The lowest BCUT2D eigenvalue weighted by atomic mass is 10.1. The van der Waals surface area contributed by atoms with Crippen molar-refractivity contribution in [3.05, 3.63) is 29.3 Å². The summed E-state index contributed by atoms with van der Waals surface area (Å²) in [6.07, 6.45) is 0.638. The molecule has 0 spiro atoms.